The summed E-state index contributed by atoms with van der Waals surface area (Å²) in [7, 11) is -9.88. The van der Waals surface area contributed by atoms with Gasteiger partial charge in [0.25, 0.3) is 20.2 Å². The van der Waals surface area contributed by atoms with E-state index in [-0.39, 0.29) is 39.5 Å². The second-order valence-corrected chi connectivity index (χ2v) is 14.4. The number of ketones is 2. The Labute approximate surface area is 307 Å². The highest BCUT2D eigenvalue weighted by atomic mass is 32.2. The molecule has 0 fully saturated rings. The minimum absolute atomic E-state index is 0.0116. The smallest absolute Gasteiger partial charge is 0.323 e. The number of allylic oxidation sites excluding steroid dienone is 2. The van der Waals surface area contributed by atoms with Crippen molar-refractivity contribution in [3.8, 4) is 0 Å². The number of anilines is 5. The molecule has 0 atom stereocenters. The van der Waals surface area contributed by atoms with Gasteiger partial charge < -0.3 is 16.0 Å². The molecule has 7 N–H and O–H groups in total. The first-order valence-corrected chi connectivity index (χ1v) is 18.4. The number of hydrogen-bond donors (Lipinski definition) is 7. The van der Waals surface area contributed by atoms with E-state index in [4.69, 9.17) is 0 Å². The van der Waals surface area contributed by atoms with Crippen LogP contribution in [0.1, 0.15) is 38.8 Å². The standard InChI is InChI=1S/C35H27N7O10S2/c1-19(43)36-22-7-9-24(10-8-22)40-42-32-30(54(50,51)52)18-21-16-26(12-14-28(21)34(32)45)38-35(46)37-25-11-13-27-20(15-25)17-29(53(47,48)49)31(33(27)44)41-39-23-5-3-2-4-6-23/h2-18,39-40H,1H3,(H,36,43)(H2,37,38,46)(H,47,48,49)(H,50,51,52). The molecule has 54 heavy (non-hydrogen) atoms. The molecule has 2 aliphatic rings. The van der Waals surface area contributed by atoms with Crippen LogP contribution in [-0.2, 0) is 25.0 Å². The van der Waals surface area contributed by atoms with Crippen molar-refractivity contribution in [2.24, 2.45) is 10.2 Å². The van der Waals surface area contributed by atoms with Gasteiger partial charge in [-0.05, 0) is 96.1 Å². The van der Waals surface area contributed by atoms with Gasteiger partial charge in [-0.2, -0.15) is 27.0 Å². The zero-order chi connectivity index (χ0) is 38.8. The van der Waals surface area contributed by atoms with Crippen LogP contribution in [0.4, 0.5) is 33.2 Å². The molecule has 0 heterocycles. The Bertz CT molecular complexity index is 2600. The maximum absolute atomic E-state index is 13.4. The first kappa shape index (κ1) is 37.0. The fourth-order valence-electron chi connectivity index (χ4n) is 5.31. The fraction of sp³-hybridized carbons (Fsp3) is 0.0286. The first-order chi connectivity index (χ1) is 25.6. The molecular weight excluding hydrogens is 743 g/mol. The average molecular weight is 770 g/mol. The third-order valence-corrected chi connectivity index (χ3v) is 9.44. The lowest BCUT2D eigenvalue weighted by atomic mass is 9.94. The fourth-order valence-corrected chi connectivity index (χ4v) is 6.63. The monoisotopic (exact) mass is 769 g/mol. The van der Waals surface area contributed by atoms with Crippen LogP contribution in [0.2, 0.25) is 0 Å². The number of urea groups is 1. The first-order valence-electron chi connectivity index (χ1n) is 15.5. The number of carbonyl (C=O) groups excluding carboxylic acids is 4. The number of carbonyl (C=O) groups is 4. The summed E-state index contributed by atoms with van der Waals surface area (Å²) in [6.45, 7) is 1.34. The van der Waals surface area contributed by atoms with Crippen LogP contribution in [-0.4, -0.2) is 60.9 Å². The Hall–Kier alpha value is -6.80. The normalized spacial score (nSPS) is 15.4. The summed E-state index contributed by atoms with van der Waals surface area (Å²) in [6, 6.07) is 21.7. The summed E-state index contributed by atoms with van der Waals surface area (Å²) in [5.74, 6) is -1.93. The quantitative estimate of drug-likeness (QED) is 0.0869. The molecule has 3 amide bonds. The van der Waals surface area contributed by atoms with Gasteiger partial charge in [0.1, 0.15) is 9.81 Å². The van der Waals surface area contributed by atoms with Gasteiger partial charge >= 0.3 is 6.03 Å². The molecule has 0 aliphatic heterocycles. The van der Waals surface area contributed by atoms with Gasteiger partial charge in [-0.3, -0.25) is 34.3 Å². The molecule has 19 heteroatoms. The molecule has 0 radical (unpaired) electrons. The van der Waals surface area contributed by atoms with Crippen LogP contribution in [0.25, 0.3) is 12.2 Å². The summed E-state index contributed by atoms with van der Waals surface area (Å²) < 4.78 is 68.9. The lowest BCUT2D eigenvalue weighted by Gasteiger charge is -2.18. The molecule has 274 valence electrons. The van der Waals surface area contributed by atoms with Gasteiger partial charge in [-0.25, -0.2) is 4.79 Å². The van der Waals surface area contributed by atoms with Crippen molar-refractivity contribution >= 4 is 95.8 Å². The largest absolute Gasteiger partial charge is 0.326 e. The van der Waals surface area contributed by atoms with Gasteiger partial charge in [-0.1, -0.05) is 18.2 Å². The number of rotatable bonds is 9. The number of hydrogen-bond acceptors (Lipinski definition) is 12. The highest BCUT2D eigenvalue weighted by Gasteiger charge is 2.34. The van der Waals surface area contributed by atoms with Crippen molar-refractivity contribution in [1.82, 2.24) is 0 Å². The number of hydrazone groups is 2. The molecule has 4 aromatic rings. The molecule has 2 aliphatic carbocycles. The maximum Gasteiger partial charge on any atom is 0.323 e. The zero-order valence-electron chi connectivity index (χ0n) is 27.7. The van der Waals surface area contributed by atoms with E-state index in [0.29, 0.717) is 17.1 Å². The predicted octanol–water partition coefficient (Wildman–Crippen LogP) is 5.08. The van der Waals surface area contributed by atoms with Crippen molar-refractivity contribution in [1.29, 1.82) is 0 Å². The van der Waals surface area contributed by atoms with Gasteiger partial charge in [-0.15, -0.1) is 0 Å². The SMILES string of the molecule is CC(=O)Nc1ccc(NN=C2C(=O)c3ccc(NC(=O)Nc4ccc5c(c4)C=C(S(=O)(=O)O)C(=NNc4ccccc4)C5=O)cc3C=C2S(=O)(=O)O)cc1. The topological polar surface area (TPSA) is 262 Å². The van der Waals surface area contributed by atoms with Gasteiger partial charge in [0.15, 0.2) is 11.4 Å². The van der Waals surface area contributed by atoms with Crippen LogP contribution < -0.4 is 26.8 Å². The Kier molecular flexibility index (Phi) is 10.0. The molecule has 6 rings (SSSR count). The molecule has 4 aromatic carbocycles. The van der Waals surface area contributed by atoms with E-state index in [2.05, 4.69) is 37.0 Å². The van der Waals surface area contributed by atoms with Gasteiger partial charge in [0, 0.05) is 35.1 Å². The number of nitrogens with zero attached hydrogens (tertiary/aromatic N) is 2. The molecule has 17 nitrogen and oxygen atoms in total. The lowest BCUT2D eigenvalue weighted by Crippen LogP contribution is -2.27. The average Bonchev–Trinajstić information content (AvgIpc) is 3.10. The van der Waals surface area contributed by atoms with E-state index in [9.17, 15) is 45.1 Å². The van der Waals surface area contributed by atoms with Crippen molar-refractivity contribution in [2.45, 2.75) is 6.92 Å². The number of fused-ring (bicyclic) bond motifs is 2. The van der Waals surface area contributed by atoms with E-state index in [1.54, 1.807) is 42.5 Å². The van der Waals surface area contributed by atoms with Crippen LogP contribution in [0.5, 0.6) is 0 Å². The Morgan fingerprint density at radius 3 is 1.39 bits per heavy atom. The van der Waals surface area contributed by atoms with Crippen LogP contribution in [0, 0.1) is 0 Å². The molecule has 0 aromatic heterocycles. The summed E-state index contributed by atoms with van der Waals surface area (Å²) in [4.78, 5) is 49.3. The molecule has 0 bridgehead atoms. The second-order valence-electron chi connectivity index (χ2n) is 11.6. The summed E-state index contributed by atoms with van der Waals surface area (Å²) in [5, 5.41) is 15.5. The van der Waals surface area contributed by atoms with E-state index in [1.165, 1.54) is 55.5 Å². The maximum atomic E-state index is 13.4. The number of nitrogens with one attached hydrogen (secondary N) is 5. The minimum Gasteiger partial charge on any atom is -0.326 e. The van der Waals surface area contributed by atoms with E-state index >= 15 is 0 Å². The van der Waals surface area contributed by atoms with Crippen molar-refractivity contribution in [3.63, 3.8) is 0 Å². The molecular formula is C35H27N7O10S2. The third-order valence-electron chi connectivity index (χ3n) is 7.71. The third kappa shape index (κ3) is 8.29. The highest BCUT2D eigenvalue weighted by Crippen LogP contribution is 2.30. The number of benzene rings is 4. The van der Waals surface area contributed by atoms with Crippen molar-refractivity contribution in [3.05, 3.63) is 123 Å². The molecule has 0 saturated heterocycles. The van der Waals surface area contributed by atoms with Crippen LogP contribution >= 0.6 is 0 Å². The van der Waals surface area contributed by atoms with Crippen molar-refractivity contribution < 1.29 is 45.1 Å². The number of Topliss-reactive ketones (excluding diaryl/α,β-unsaturated/α-hetero) is 2. The molecule has 0 saturated carbocycles. The number of para-hydroxylation sites is 1. The Morgan fingerprint density at radius 1 is 0.556 bits per heavy atom. The van der Waals surface area contributed by atoms with E-state index in [1.807, 2.05) is 0 Å². The second kappa shape index (κ2) is 14.7. The molecule has 0 unspecified atom stereocenters. The van der Waals surface area contributed by atoms with Crippen LogP contribution in [0.3, 0.4) is 0 Å². The minimum atomic E-state index is -4.97. The lowest BCUT2D eigenvalue weighted by molar-refractivity contribution is -0.114. The zero-order valence-corrected chi connectivity index (χ0v) is 29.3. The van der Waals surface area contributed by atoms with E-state index in [0.717, 1.165) is 12.2 Å². The van der Waals surface area contributed by atoms with Gasteiger partial charge in [0.05, 0.1) is 11.4 Å². The highest BCUT2D eigenvalue weighted by molar-refractivity contribution is 7.91. The van der Waals surface area contributed by atoms with Crippen LogP contribution in [0.15, 0.2) is 111 Å². The Balaban J connectivity index is 1.20. The Morgan fingerprint density at radius 2 is 0.963 bits per heavy atom. The summed E-state index contributed by atoms with van der Waals surface area (Å²) in [6.07, 6.45) is 2.05. The van der Waals surface area contributed by atoms with Crippen molar-refractivity contribution in [2.75, 3.05) is 26.8 Å². The number of amides is 3. The predicted molar refractivity (Wildman–Crippen MR) is 203 cm³/mol. The summed E-state index contributed by atoms with van der Waals surface area (Å²) in [5.41, 5.74) is 5.68. The van der Waals surface area contributed by atoms with Gasteiger partial charge in [0.2, 0.25) is 17.5 Å². The molecule has 0 spiro atoms. The summed E-state index contributed by atoms with van der Waals surface area (Å²) >= 11 is 0. The van der Waals surface area contributed by atoms with E-state index < -0.39 is 59.1 Å².